The molecule has 0 bridgehead atoms. The molecule has 0 saturated carbocycles. The number of nitrogens with zero attached hydrogens (tertiary/aromatic N) is 2. The molecular weight excluding hydrogens is 334 g/mol. The van der Waals surface area contributed by atoms with E-state index in [1.807, 2.05) is 25.1 Å². The molecule has 5 nitrogen and oxygen atoms in total. The zero-order chi connectivity index (χ0) is 15.4. The summed E-state index contributed by atoms with van der Waals surface area (Å²) in [4.78, 5) is 10.3. The van der Waals surface area contributed by atoms with E-state index in [0.29, 0.717) is 10.0 Å². The summed E-state index contributed by atoms with van der Waals surface area (Å²) >= 11 is 3.19. The average Bonchev–Trinajstić information content (AvgIpc) is 2.47. The lowest BCUT2D eigenvalue weighted by molar-refractivity contribution is -0.385. The summed E-state index contributed by atoms with van der Waals surface area (Å²) in [5.41, 5.74) is 2.37. The van der Waals surface area contributed by atoms with Gasteiger partial charge in [0.1, 0.15) is 0 Å². The van der Waals surface area contributed by atoms with Crippen LogP contribution in [0.15, 0.2) is 46.9 Å². The average molecular weight is 346 g/mol. The summed E-state index contributed by atoms with van der Waals surface area (Å²) in [5, 5.41) is 22.9. The Morgan fingerprint density at radius 3 is 2.71 bits per heavy atom. The summed E-state index contributed by atoms with van der Waals surface area (Å²) in [6.07, 6.45) is 0. The number of hydrogen-bond donors (Lipinski definition) is 1. The molecule has 0 aliphatic heterocycles. The normalized spacial score (nSPS) is 11.5. The van der Waals surface area contributed by atoms with Gasteiger partial charge < -0.3 is 5.32 Å². The van der Waals surface area contributed by atoms with E-state index in [1.165, 1.54) is 6.07 Å². The quantitative estimate of drug-likeness (QED) is 0.657. The first-order valence-corrected chi connectivity index (χ1v) is 7.01. The van der Waals surface area contributed by atoms with Crippen LogP contribution in [-0.2, 0) is 0 Å². The third-order valence-corrected chi connectivity index (χ3v) is 3.68. The molecule has 2 aromatic rings. The predicted octanol–water partition coefficient (Wildman–Crippen LogP) is 4.40. The van der Waals surface area contributed by atoms with Crippen LogP contribution in [0, 0.1) is 21.4 Å². The van der Waals surface area contributed by atoms with E-state index in [-0.39, 0.29) is 11.7 Å². The van der Waals surface area contributed by atoms with Gasteiger partial charge in [0.05, 0.1) is 21.0 Å². The van der Waals surface area contributed by atoms with Crippen molar-refractivity contribution in [3.05, 3.63) is 68.2 Å². The Morgan fingerprint density at radius 1 is 1.33 bits per heavy atom. The highest BCUT2D eigenvalue weighted by Crippen LogP contribution is 2.29. The topological polar surface area (TPSA) is 79.0 Å². The summed E-state index contributed by atoms with van der Waals surface area (Å²) in [6.45, 7) is 1.96. The Balaban J connectivity index is 2.19. The Hall–Kier alpha value is -2.39. The molecule has 0 radical (unpaired) electrons. The highest BCUT2D eigenvalue weighted by Gasteiger charge is 2.13. The van der Waals surface area contributed by atoms with Crippen molar-refractivity contribution in [2.45, 2.75) is 13.0 Å². The van der Waals surface area contributed by atoms with Gasteiger partial charge in [-0.05, 0) is 52.7 Å². The van der Waals surface area contributed by atoms with E-state index in [2.05, 4.69) is 27.3 Å². The first kappa shape index (κ1) is 15.0. The Bertz CT molecular complexity index is 725. The van der Waals surface area contributed by atoms with Crippen LogP contribution in [0.25, 0.3) is 0 Å². The molecule has 1 atom stereocenters. The number of nitro benzene ring substituents is 1. The first-order valence-electron chi connectivity index (χ1n) is 6.22. The number of halogens is 1. The van der Waals surface area contributed by atoms with E-state index in [0.717, 1.165) is 11.3 Å². The van der Waals surface area contributed by atoms with Gasteiger partial charge in [0.25, 0.3) is 5.69 Å². The van der Waals surface area contributed by atoms with Gasteiger partial charge in [0.15, 0.2) is 0 Å². The Morgan fingerprint density at radius 2 is 2.10 bits per heavy atom. The van der Waals surface area contributed by atoms with Crippen LogP contribution in [0.2, 0.25) is 0 Å². The van der Waals surface area contributed by atoms with Crippen molar-refractivity contribution in [1.29, 1.82) is 5.26 Å². The number of nitrogens with one attached hydrogen (secondary N) is 1. The minimum Gasteiger partial charge on any atom is -0.378 e. The molecule has 0 spiro atoms. The van der Waals surface area contributed by atoms with Crippen molar-refractivity contribution < 1.29 is 4.92 Å². The first-order chi connectivity index (χ1) is 10.0. The monoisotopic (exact) mass is 345 g/mol. The number of anilines is 1. The lowest BCUT2D eigenvalue weighted by Crippen LogP contribution is -2.07. The molecule has 0 heterocycles. The number of hydrogen-bond acceptors (Lipinski definition) is 4. The molecule has 1 N–H and O–H groups in total. The molecule has 106 valence electrons. The van der Waals surface area contributed by atoms with Crippen molar-refractivity contribution in [3.63, 3.8) is 0 Å². The third kappa shape index (κ3) is 3.58. The van der Waals surface area contributed by atoms with Crippen molar-refractivity contribution >= 4 is 27.3 Å². The fourth-order valence-corrected chi connectivity index (χ4v) is 2.48. The molecule has 0 amide bonds. The summed E-state index contributed by atoms with van der Waals surface area (Å²) in [7, 11) is 0. The second kappa shape index (κ2) is 6.37. The Labute approximate surface area is 130 Å². The van der Waals surface area contributed by atoms with Gasteiger partial charge in [-0.1, -0.05) is 12.1 Å². The van der Waals surface area contributed by atoms with Crippen molar-refractivity contribution in [3.8, 4) is 6.07 Å². The zero-order valence-corrected chi connectivity index (χ0v) is 12.8. The molecule has 0 aliphatic carbocycles. The lowest BCUT2D eigenvalue weighted by Gasteiger charge is -2.16. The number of benzene rings is 2. The number of rotatable bonds is 4. The van der Waals surface area contributed by atoms with Crippen LogP contribution >= 0.6 is 15.9 Å². The fourth-order valence-electron chi connectivity index (χ4n) is 1.96. The van der Waals surface area contributed by atoms with E-state index >= 15 is 0 Å². The van der Waals surface area contributed by atoms with Crippen LogP contribution in [0.3, 0.4) is 0 Å². The SMILES string of the molecule is CC(Nc1ccc([N+](=O)[O-])c(Br)c1)c1cccc(C#N)c1. The van der Waals surface area contributed by atoms with E-state index in [9.17, 15) is 10.1 Å². The predicted molar refractivity (Wildman–Crippen MR) is 84.0 cm³/mol. The molecule has 1 unspecified atom stereocenters. The smallest absolute Gasteiger partial charge is 0.283 e. The summed E-state index contributed by atoms with van der Waals surface area (Å²) in [6, 6.07) is 14.2. The van der Waals surface area contributed by atoms with E-state index in [1.54, 1.807) is 18.2 Å². The van der Waals surface area contributed by atoms with E-state index in [4.69, 9.17) is 5.26 Å². The Kier molecular flexibility index (Phi) is 4.55. The zero-order valence-electron chi connectivity index (χ0n) is 11.2. The highest BCUT2D eigenvalue weighted by molar-refractivity contribution is 9.10. The van der Waals surface area contributed by atoms with Crippen LogP contribution in [0.4, 0.5) is 11.4 Å². The van der Waals surface area contributed by atoms with E-state index < -0.39 is 4.92 Å². The molecule has 6 heteroatoms. The number of nitriles is 1. The van der Waals surface area contributed by atoms with Gasteiger partial charge in [0.2, 0.25) is 0 Å². The second-order valence-corrected chi connectivity index (χ2v) is 5.38. The summed E-state index contributed by atoms with van der Waals surface area (Å²) < 4.78 is 0.426. The van der Waals surface area contributed by atoms with Crippen molar-refractivity contribution in [2.24, 2.45) is 0 Å². The number of nitro groups is 1. The lowest BCUT2D eigenvalue weighted by atomic mass is 10.1. The van der Waals surface area contributed by atoms with Crippen LogP contribution < -0.4 is 5.32 Å². The molecule has 0 saturated heterocycles. The highest BCUT2D eigenvalue weighted by atomic mass is 79.9. The molecule has 0 aromatic heterocycles. The third-order valence-electron chi connectivity index (χ3n) is 3.04. The van der Waals surface area contributed by atoms with Gasteiger partial charge in [-0.15, -0.1) is 0 Å². The van der Waals surface area contributed by atoms with Crippen molar-refractivity contribution in [2.75, 3.05) is 5.32 Å². The molecule has 0 fully saturated rings. The largest absolute Gasteiger partial charge is 0.378 e. The minimum atomic E-state index is -0.437. The van der Waals surface area contributed by atoms with Gasteiger partial charge in [0, 0.05) is 17.8 Å². The maximum Gasteiger partial charge on any atom is 0.283 e. The summed E-state index contributed by atoms with van der Waals surface area (Å²) in [5.74, 6) is 0. The molecular formula is C15H12BrN3O2. The van der Waals surface area contributed by atoms with Gasteiger partial charge in [-0.25, -0.2) is 0 Å². The van der Waals surface area contributed by atoms with Gasteiger partial charge in [-0.2, -0.15) is 5.26 Å². The van der Waals surface area contributed by atoms with Crippen LogP contribution in [-0.4, -0.2) is 4.92 Å². The van der Waals surface area contributed by atoms with Gasteiger partial charge >= 0.3 is 0 Å². The standard InChI is InChI=1S/C15H12BrN3O2/c1-10(12-4-2-3-11(7-12)9-17)18-13-5-6-15(19(20)21)14(16)8-13/h2-8,10,18H,1H3. The molecule has 21 heavy (non-hydrogen) atoms. The molecule has 2 rings (SSSR count). The fraction of sp³-hybridized carbons (Fsp3) is 0.133. The maximum absolute atomic E-state index is 10.8. The second-order valence-electron chi connectivity index (χ2n) is 4.53. The molecule has 2 aromatic carbocycles. The minimum absolute atomic E-state index is 0.0216. The van der Waals surface area contributed by atoms with Crippen molar-refractivity contribution in [1.82, 2.24) is 0 Å². The van der Waals surface area contributed by atoms with Crippen LogP contribution in [0.5, 0.6) is 0 Å². The molecule has 0 aliphatic rings. The maximum atomic E-state index is 10.8. The van der Waals surface area contributed by atoms with Gasteiger partial charge in [-0.3, -0.25) is 10.1 Å². The van der Waals surface area contributed by atoms with Crippen LogP contribution in [0.1, 0.15) is 24.1 Å².